The normalized spacial score (nSPS) is 28.3. The molecule has 2 rings (SSSR count). The lowest BCUT2D eigenvalue weighted by atomic mass is 10.0. The van der Waals surface area contributed by atoms with E-state index in [0.29, 0.717) is 12.1 Å². The molecule has 5 nitrogen and oxygen atoms in total. The van der Waals surface area contributed by atoms with Crippen molar-refractivity contribution in [3.05, 3.63) is 0 Å². The number of carbonyl (C=O) groups excluding carboxylic acids is 1. The maximum absolute atomic E-state index is 12.2. The molecule has 0 radical (unpaired) electrons. The molecule has 0 saturated carbocycles. The van der Waals surface area contributed by atoms with Crippen LogP contribution in [0.25, 0.3) is 0 Å². The fraction of sp³-hybridized carbons (Fsp3) is 0.941. The molecule has 0 aromatic carbocycles. The Balaban J connectivity index is 1.78. The lowest BCUT2D eigenvalue weighted by molar-refractivity contribution is 0.0256. The first-order valence-electron chi connectivity index (χ1n) is 8.76. The number of ether oxygens (including phenoxy) is 1. The summed E-state index contributed by atoms with van der Waals surface area (Å²) < 4.78 is 5.49. The van der Waals surface area contributed by atoms with Gasteiger partial charge >= 0.3 is 6.09 Å². The van der Waals surface area contributed by atoms with Crippen LogP contribution in [0.5, 0.6) is 0 Å². The van der Waals surface area contributed by atoms with Crippen molar-refractivity contribution in [3.63, 3.8) is 0 Å². The fourth-order valence-corrected chi connectivity index (χ4v) is 3.41. The minimum atomic E-state index is -0.409. The Kier molecular flexibility index (Phi) is 6.09. The van der Waals surface area contributed by atoms with Crippen molar-refractivity contribution in [1.82, 2.24) is 15.1 Å². The lowest BCUT2D eigenvalue weighted by Gasteiger charge is -2.33. The van der Waals surface area contributed by atoms with Gasteiger partial charge in [0.1, 0.15) is 5.60 Å². The van der Waals surface area contributed by atoms with Crippen LogP contribution in [-0.2, 0) is 4.74 Å². The van der Waals surface area contributed by atoms with Crippen molar-refractivity contribution < 1.29 is 9.53 Å². The van der Waals surface area contributed by atoms with Crippen LogP contribution in [0.1, 0.15) is 52.9 Å². The van der Waals surface area contributed by atoms with Crippen LogP contribution in [0.4, 0.5) is 4.79 Å². The molecule has 2 aliphatic rings. The van der Waals surface area contributed by atoms with Crippen LogP contribution in [-0.4, -0.2) is 66.8 Å². The third kappa shape index (κ3) is 5.76. The predicted molar refractivity (Wildman–Crippen MR) is 89.1 cm³/mol. The second-order valence-corrected chi connectivity index (χ2v) is 7.86. The quantitative estimate of drug-likeness (QED) is 0.851. The van der Waals surface area contributed by atoms with Crippen LogP contribution in [0.15, 0.2) is 0 Å². The molecule has 22 heavy (non-hydrogen) atoms. The van der Waals surface area contributed by atoms with E-state index in [2.05, 4.69) is 17.3 Å². The summed E-state index contributed by atoms with van der Waals surface area (Å²) in [6, 6.07) is 1.14. The van der Waals surface area contributed by atoms with Gasteiger partial charge in [0.25, 0.3) is 0 Å². The molecule has 0 spiro atoms. The smallest absolute Gasteiger partial charge is 0.410 e. The molecule has 5 heteroatoms. The van der Waals surface area contributed by atoms with Crippen LogP contribution >= 0.6 is 0 Å². The average molecular weight is 311 g/mol. The van der Waals surface area contributed by atoms with E-state index in [1.165, 1.54) is 19.4 Å². The third-order valence-electron chi connectivity index (χ3n) is 4.48. The molecule has 128 valence electrons. The highest BCUT2D eigenvalue weighted by molar-refractivity contribution is 5.68. The van der Waals surface area contributed by atoms with Gasteiger partial charge < -0.3 is 19.9 Å². The number of amides is 1. The molecule has 0 aliphatic carbocycles. The number of nitrogens with one attached hydrogen (secondary N) is 1. The van der Waals surface area contributed by atoms with Gasteiger partial charge in [0, 0.05) is 31.7 Å². The van der Waals surface area contributed by atoms with Gasteiger partial charge in [-0.25, -0.2) is 4.79 Å². The largest absolute Gasteiger partial charge is 0.444 e. The van der Waals surface area contributed by atoms with E-state index in [-0.39, 0.29) is 6.09 Å². The van der Waals surface area contributed by atoms with Gasteiger partial charge in [-0.2, -0.15) is 0 Å². The minimum absolute atomic E-state index is 0.162. The molecular weight excluding hydrogens is 278 g/mol. The SMILES string of the molecule is CN1CCCC(NC2CCCN(C(=O)OC(C)(C)C)CC2)C1. The summed E-state index contributed by atoms with van der Waals surface area (Å²) >= 11 is 0. The Labute approximate surface area is 135 Å². The Morgan fingerprint density at radius 3 is 2.41 bits per heavy atom. The summed E-state index contributed by atoms with van der Waals surface area (Å²) in [5, 5.41) is 3.82. The number of likely N-dealkylation sites (tertiary alicyclic amines) is 2. The molecule has 2 saturated heterocycles. The molecule has 0 aromatic rings. The maximum atomic E-state index is 12.2. The summed E-state index contributed by atoms with van der Waals surface area (Å²) in [5.74, 6) is 0. The Bertz CT molecular complexity index is 367. The highest BCUT2D eigenvalue weighted by Gasteiger charge is 2.26. The van der Waals surface area contributed by atoms with Crippen molar-refractivity contribution in [1.29, 1.82) is 0 Å². The zero-order chi connectivity index (χ0) is 16.2. The topological polar surface area (TPSA) is 44.8 Å². The van der Waals surface area contributed by atoms with Crippen LogP contribution in [0.2, 0.25) is 0 Å². The number of carbonyl (C=O) groups is 1. The molecule has 0 aromatic heterocycles. The van der Waals surface area contributed by atoms with E-state index in [0.717, 1.165) is 38.9 Å². The van der Waals surface area contributed by atoms with Gasteiger partial charge in [-0.3, -0.25) is 0 Å². The van der Waals surface area contributed by atoms with Gasteiger partial charge in [-0.15, -0.1) is 0 Å². The molecule has 2 atom stereocenters. The zero-order valence-corrected chi connectivity index (χ0v) is 14.7. The monoisotopic (exact) mass is 311 g/mol. The van der Waals surface area contributed by atoms with E-state index in [1.54, 1.807) is 0 Å². The van der Waals surface area contributed by atoms with E-state index in [4.69, 9.17) is 4.74 Å². The standard InChI is InChI=1S/C17H33N3O2/c1-17(2,3)22-16(21)20-11-6-7-14(9-12-20)18-15-8-5-10-19(4)13-15/h14-15,18H,5-13H2,1-4H3. The number of likely N-dealkylation sites (N-methyl/N-ethyl adjacent to an activating group) is 1. The van der Waals surface area contributed by atoms with Crippen molar-refractivity contribution in [2.24, 2.45) is 0 Å². The van der Waals surface area contributed by atoms with Crippen molar-refractivity contribution in [2.45, 2.75) is 70.6 Å². The number of piperidine rings is 1. The van der Waals surface area contributed by atoms with Gasteiger partial charge in [-0.05, 0) is 66.5 Å². The van der Waals surface area contributed by atoms with Gasteiger partial charge in [0.15, 0.2) is 0 Å². The number of hydrogen-bond donors (Lipinski definition) is 1. The Morgan fingerprint density at radius 2 is 1.73 bits per heavy atom. The molecule has 2 fully saturated rings. The first kappa shape index (κ1) is 17.5. The molecule has 1 amide bonds. The van der Waals surface area contributed by atoms with Gasteiger partial charge in [0.2, 0.25) is 0 Å². The highest BCUT2D eigenvalue weighted by Crippen LogP contribution is 2.17. The predicted octanol–water partition coefficient (Wildman–Crippen LogP) is 2.46. The maximum Gasteiger partial charge on any atom is 0.410 e. The molecule has 1 N–H and O–H groups in total. The molecule has 2 heterocycles. The summed E-state index contributed by atoms with van der Waals surface area (Å²) in [6.07, 6.45) is 5.63. The third-order valence-corrected chi connectivity index (χ3v) is 4.48. The van der Waals surface area contributed by atoms with Gasteiger partial charge in [0.05, 0.1) is 0 Å². The zero-order valence-electron chi connectivity index (χ0n) is 14.7. The van der Waals surface area contributed by atoms with Crippen LogP contribution in [0, 0.1) is 0 Å². The van der Waals surface area contributed by atoms with Gasteiger partial charge in [-0.1, -0.05) is 0 Å². The van der Waals surface area contributed by atoms with Crippen molar-refractivity contribution >= 4 is 6.09 Å². The molecular formula is C17H33N3O2. The molecule has 2 unspecified atom stereocenters. The number of hydrogen-bond acceptors (Lipinski definition) is 4. The highest BCUT2D eigenvalue weighted by atomic mass is 16.6. The van der Waals surface area contributed by atoms with E-state index in [9.17, 15) is 4.79 Å². The number of nitrogens with zero attached hydrogens (tertiary/aromatic N) is 2. The Hall–Kier alpha value is -0.810. The summed E-state index contributed by atoms with van der Waals surface area (Å²) in [5.41, 5.74) is -0.409. The number of rotatable bonds is 2. The first-order chi connectivity index (χ1) is 10.3. The summed E-state index contributed by atoms with van der Waals surface area (Å²) in [6.45, 7) is 9.75. The fourth-order valence-electron chi connectivity index (χ4n) is 3.41. The second-order valence-electron chi connectivity index (χ2n) is 7.86. The van der Waals surface area contributed by atoms with Crippen molar-refractivity contribution in [3.8, 4) is 0 Å². The van der Waals surface area contributed by atoms with E-state index in [1.807, 2.05) is 25.7 Å². The summed E-state index contributed by atoms with van der Waals surface area (Å²) in [7, 11) is 2.20. The van der Waals surface area contributed by atoms with E-state index < -0.39 is 5.60 Å². The van der Waals surface area contributed by atoms with Crippen LogP contribution < -0.4 is 5.32 Å². The minimum Gasteiger partial charge on any atom is -0.444 e. The second kappa shape index (κ2) is 7.64. The first-order valence-corrected chi connectivity index (χ1v) is 8.76. The van der Waals surface area contributed by atoms with Crippen molar-refractivity contribution in [2.75, 3.05) is 33.2 Å². The molecule has 2 aliphatic heterocycles. The lowest BCUT2D eigenvalue weighted by Crippen LogP contribution is -2.48. The molecule has 0 bridgehead atoms. The van der Waals surface area contributed by atoms with Crippen LogP contribution in [0.3, 0.4) is 0 Å². The summed E-state index contributed by atoms with van der Waals surface area (Å²) in [4.78, 5) is 16.5. The van der Waals surface area contributed by atoms with E-state index >= 15 is 0 Å². The Morgan fingerprint density at radius 1 is 1.05 bits per heavy atom. The average Bonchev–Trinajstić information content (AvgIpc) is 2.62.